The van der Waals surface area contributed by atoms with Crippen LogP contribution in [0, 0.1) is 12.7 Å². The normalized spacial score (nSPS) is 11.7. The van der Waals surface area contributed by atoms with Crippen LogP contribution in [-0.4, -0.2) is 20.9 Å². The second kappa shape index (κ2) is 5.15. The van der Waals surface area contributed by atoms with Gasteiger partial charge in [0, 0.05) is 5.41 Å². The third kappa shape index (κ3) is 2.78. The van der Waals surface area contributed by atoms with Crippen molar-refractivity contribution in [3.05, 3.63) is 46.0 Å². The summed E-state index contributed by atoms with van der Waals surface area (Å²) < 4.78 is 14.7. The molecule has 2 aromatic rings. The molecule has 0 aliphatic heterocycles. The van der Waals surface area contributed by atoms with E-state index in [2.05, 4.69) is 5.10 Å². The third-order valence-corrected chi connectivity index (χ3v) is 3.49. The first-order valence-electron chi connectivity index (χ1n) is 6.41. The number of aromatic nitrogens is 2. The molecule has 0 aliphatic carbocycles. The smallest absolute Gasteiger partial charge is 0.358 e. The molecule has 21 heavy (non-hydrogen) atoms. The lowest BCUT2D eigenvalue weighted by molar-refractivity contribution is 0.0690. The van der Waals surface area contributed by atoms with E-state index in [1.54, 1.807) is 13.0 Å². The van der Waals surface area contributed by atoms with Gasteiger partial charge >= 0.3 is 5.97 Å². The minimum absolute atomic E-state index is 0.110. The van der Waals surface area contributed by atoms with Gasteiger partial charge in [0.15, 0.2) is 5.69 Å². The van der Waals surface area contributed by atoms with Crippen molar-refractivity contribution in [2.45, 2.75) is 33.1 Å². The van der Waals surface area contributed by atoms with Crippen molar-refractivity contribution in [1.82, 2.24) is 9.78 Å². The summed E-state index contributed by atoms with van der Waals surface area (Å²) in [5, 5.41) is 13.4. The summed E-state index contributed by atoms with van der Waals surface area (Å²) in [6, 6.07) is 4.25. The fourth-order valence-electron chi connectivity index (χ4n) is 2.21. The van der Waals surface area contributed by atoms with Crippen LogP contribution in [0.15, 0.2) is 18.2 Å². The number of carbonyl (C=O) groups is 1. The standard InChI is InChI=1S/C15H16ClFN2O2/c1-8-7-9(17)5-6-10(8)19-13(15(2,3)4)11(16)12(18-19)14(20)21/h5-7H,1-4H3,(H,20,21). The minimum atomic E-state index is -1.19. The van der Waals surface area contributed by atoms with Gasteiger partial charge in [-0.3, -0.25) is 0 Å². The van der Waals surface area contributed by atoms with Crippen molar-refractivity contribution in [2.24, 2.45) is 0 Å². The average Bonchev–Trinajstić information content (AvgIpc) is 2.66. The maximum Gasteiger partial charge on any atom is 0.358 e. The Kier molecular flexibility index (Phi) is 3.80. The van der Waals surface area contributed by atoms with Crippen molar-refractivity contribution < 1.29 is 14.3 Å². The zero-order valence-electron chi connectivity index (χ0n) is 12.2. The third-order valence-electron chi connectivity index (χ3n) is 3.13. The molecule has 0 saturated heterocycles. The topological polar surface area (TPSA) is 55.1 Å². The molecule has 0 unspecified atom stereocenters. The summed E-state index contributed by atoms with van der Waals surface area (Å²) in [4.78, 5) is 11.3. The number of hydrogen-bond donors (Lipinski definition) is 1. The van der Waals surface area contributed by atoms with Gasteiger partial charge in [-0.1, -0.05) is 32.4 Å². The van der Waals surface area contributed by atoms with Crippen LogP contribution >= 0.6 is 11.6 Å². The molecule has 112 valence electrons. The summed E-state index contributed by atoms with van der Waals surface area (Å²) in [6.07, 6.45) is 0. The highest BCUT2D eigenvalue weighted by molar-refractivity contribution is 6.34. The van der Waals surface area contributed by atoms with Gasteiger partial charge in [0.25, 0.3) is 0 Å². The summed E-state index contributed by atoms with van der Waals surface area (Å²) in [5.74, 6) is -1.55. The first-order valence-corrected chi connectivity index (χ1v) is 6.79. The monoisotopic (exact) mass is 310 g/mol. The molecule has 4 nitrogen and oxygen atoms in total. The number of rotatable bonds is 2. The van der Waals surface area contributed by atoms with Crippen LogP contribution < -0.4 is 0 Å². The highest BCUT2D eigenvalue weighted by Crippen LogP contribution is 2.34. The van der Waals surface area contributed by atoms with Crippen LogP contribution in [-0.2, 0) is 5.41 Å². The largest absolute Gasteiger partial charge is 0.476 e. The van der Waals surface area contributed by atoms with Gasteiger partial charge in [-0.2, -0.15) is 5.10 Å². The number of halogens is 2. The number of hydrogen-bond acceptors (Lipinski definition) is 2. The van der Waals surface area contributed by atoms with Crippen LogP contribution in [0.25, 0.3) is 5.69 Å². The second-order valence-electron chi connectivity index (χ2n) is 5.91. The molecule has 2 rings (SSSR count). The molecule has 0 fully saturated rings. The van der Waals surface area contributed by atoms with Gasteiger partial charge in [0.2, 0.25) is 0 Å². The Bertz CT molecular complexity index is 717. The summed E-state index contributed by atoms with van der Waals surface area (Å²) in [6.45, 7) is 7.48. The molecule has 0 saturated carbocycles. The minimum Gasteiger partial charge on any atom is -0.476 e. The number of nitrogens with zero attached hydrogens (tertiary/aromatic N) is 2. The van der Waals surface area contributed by atoms with Crippen molar-refractivity contribution in [2.75, 3.05) is 0 Å². The van der Waals surface area contributed by atoms with E-state index in [0.29, 0.717) is 16.9 Å². The predicted octanol–water partition coefficient (Wildman–Crippen LogP) is 3.97. The summed E-state index contributed by atoms with van der Waals surface area (Å²) in [5.41, 5.74) is 1.22. The van der Waals surface area contributed by atoms with E-state index in [-0.39, 0.29) is 16.5 Å². The average molecular weight is 311 g/mol. The Morgan fingerprint density at radius 3 is 2.48 bits per heavy atom. The maximum atomic E-state index is 13.3. The zero-order chi connectivity index (χ0) is 15.9. The van der Waals surface area contributed by atoms with E-state index in [1.807, 2.05) is 20.8 Å². The van der Waals surface area contributed by atoms with Gasteiger partial charge in [0.05, 0.1) is 16.4 Å². The fourth-order valence-corrected chi connectivity index (χ4v) is 2.70. The van der Waals surface area contributed by atoms with Gasteiger partial charge in [0.1, 0.15) is 5.82 Å². The number of carboxylic acid groups (broad SMARTS) is 1. The van der Waals surface area contributed by atoms with E-state index in [9.17, 15) is 14.3 Å². The summed E-state index contributed by atoms with van der Waals surface area (Å²) in [7, 11) is 0. The molecule has 6 heteroatoms. The van der Waals surface area contributed by atoms with Crippen molar-refractivity contribution in [3.63, 3.8) is 0 Å². The van der Waals surface area contributed by atoms with E-state index < -0.39 is 11.4 Å². The Labute approximate surface area is 127 Å². The molecule has 0 spiro atoms. The molecule has 1 aromatic carbocycles. The lowest BCUT2D eigenvalue weighted by atomic mass is 9.91. The van der Waals surface area contributed by atoms with Crippen LogP contribution in [0.3, 0.4) is 0 Å². The molecule has 0 amide bonds. The Morgan fingerprint density at radius 2 is 2.00 bits per heavy atom. The fraction of sp³-hybridized carbons (Fsp3) is 0.333. The molecule has 0 bridgehead atoms. The van der Waals surface area contributed by atoms with Crippen LogP contribution in [0.4, 0.5) is 4.39 Å². The number of aryl methyl sites for hydroxylation is 1. The number of aromatic carboxylic acids is 1. The van der Waals surface area contributed by atoms with Gasteiger partial charge < -0.3 is 5.11 Å². The van der Waals surface area contributed by atoms with Crippen molar-refractivity contribution in [3.8, 4) is 5.69 Å². The van der Waals surface area contributed by atoms with Gasteiger partial charge in [-0.05, 0) is 30.7 Å². The zero-order valence-corrected chi connectivity index (χ0v) is 13.0. The van der Waals surface area contributed by atoms with E-state index >= 15 is 0 Å². The van der Waals surface area contributed by atoms with Gasteiger partial charge in [-0.15, -0.1) is 0 Å². The highest BCUT2D eigenvalue weighted by Gasteiger charge is 2.30. The maximum absolute atomic E-state index is 13.3. The lowest BCUT2D eigenvalue weighted by Gasteiger charge is -2.21. The van der Waals surface area contributed by atoms with Crippen LogP contribution in [0.1, 0.15) is 42.5 Å². The molecule has 1 aromatic heterocycles. The second-order valence-corrected chi connectivity index (χ2v) is 6.29. The van der Waals surface area contributed by atoms with E-state index in [0.717, 1.165) is 0 Å². The molecule has 1 N–H and O–H groups in total. The molecular weight excluding hydrogens is 295 g/mol. The SMILES string of the molecule is Cc1cc(F)ccc1-n1nc(C(=O)O)c(Cl)c1C(C)(C)C. The first kappa shape index (κ1) is 15.5. The van der Waals surface area contributed by atoms with Crippen LogP contribution in [0.2, 0.25) is 5.02 Å². The summed E-state index contributed by atoms with van der Waals surface area (Å²) >= 11 is 6.20. The molecule has 0 aliphatic rings. The van der Waals surface area contributed by atoms with Crippen molar-refractivity contribution >= 4 is 17.6 Å². The highest BCUT2D eigenvalue weighted by atomic mass is 35.5. The quantitative estimate of drug-likeness (QED) is 0.913. The van der Waals surface area contributed by atoms with E-state index in [4.69, 9.17) is 11.6 Å². The van der Waals surface area contributed by atoms with Crippen LogP contribution in [0.5, 0.6) is 0 Å². The Morgan fingerprint density at radius 1 is 1.38 bits per heavy atom. The Hall–Kier alpha value is -1.88. The first-order chi connectivity index (χ1) is 9.62. The molecular formula is C15H16ClFN2O2. The molecule has 1 heterocycles. The Balaban J connectivity index is 2.79. The molecule has 0 atom stereocenters. The number of carboxylic acids is 1. The van der Waals surface area contributed by atoms with E-state index in [1.165, 1.54) is 16.8 Å². The van der Waals surface area contributed by atoms with Crippen molar-refractivity contribution in [1.29, 1.82) is 0 Å². The molecule has 0 radical (unpaired) electrons. The predicted molar refractivity (Wildman–Crippen MR) is 78.9 cm³/mol. The lowest BCUT2D eigenvalue weighted by Crippen LogP contribution is -2.18. The number of benzene rings is 1. The van der Waals surface area contributed by atoms with Gasteiger partial charge in [-0.25, -0.2) is 13.9 Å².